The Balaban J connectivity index is 1.73. The van der Waals surface area contributed by atoms with Crippen LogP contribution in [-0.2, 0) is 6.54 Å². The number of amides is 1. The summed E-state index contributed by atoms with van der Waals surface area (Å²) >= 11 is 0. The lowest BCUT2D eigenvalue weighted by molar-refractivity contribution is 0.100. The highest BCUT2D eigenvalue weighted by molar-refractivity contribution is 6.00. The molecule has 0 atom stereocenters. The molecule has 1 aliphatic carbocycles. The molecule has 128 valence electrons. The fraction of sp³-hybridized carbons (Fsp3) is 0.278. The van der Waals surface area contributed by atoms with Crippen LogP contribution in [0.5, 0.6) is 0 Å². The summed E-state index contributed by atoms with van der Waals surface area (Å²) in [4.78, 5) is 20.4. The average molecular weight is 336 g/mol. The molecule has 25 heavy (non-hydrogen) atoms. The van der Waals surface area contributed by atoms with Crippen molar-refractivity contribution in [3.05, 3.63) is 42.2 Å². The van der Waals surface area contributed by atoms with Gasteiger partial charge < -0.3 is 20.9 Å². The van der Waals surface area contributed by atoms with Crippen molar-refractivity contribution in [1.82, 2.24) is 14.5 Å². The van der Waals surface area contributed by atoms with E-state index in [1.165, 1.54) is 6.20 Å². The molecule has 4 N–H and O–H groups in total. The second-order valence-corrected chi connectivity index (χ2v) is 6.20. The molecule has 1 aliphatic rings. The van der Waals surface area contributed by atoms with E-state index in [0.29, 0.717) is 17.8 Å². The van der Waals surface area contributed by atoms with Crippen molar-refractivity contribution in [2.45, 2.75) is 32.4 Å². The molecule has 3 aromatic rings. The van der Waals surface area contributed by atoms with Crippen LogP contribution in [0.15, 0.2) is 36.7 Å². The third kappa shape index (κ3) is 3.00. The predicted molar refractivity (Wildman–Crippen MR) is 98.1 cm³/mol. The summed E-state index contributed by atoms with van der Waals surface area (Å²) in [6.45, 7) is 2.99. The molecule has 0 saturated heterocycles. The highest BCUT2D eigenvalue weighted by Crippen LogP contribution is 2.29. The van der Waals surface area contributed by atoms with Gasteiger partial charge in [0.1, 0.15) is 11.4 Å². The normalized spacial score (nSPS) is 13.8. The number of carbonyl (C=O) groups excluding carboxylic acids is 1. The Morgan fingerprint density at radius 1 is 1.36 bits per heavy atom. The summed E-state index contributed by atoms with van der Waals surface area (Å²) in [7, 11) is 0. The Labute approximate surface area is 145 Å². The third-order valence-corrected chi connectivity index (χ3v) is 4.37. The molecule has 0 spiro atoms. The van der Waals surface area contributed by atoms with Crippen molar-refractivity contribution in [3.8, 4) is 0 Å². The Hall–Kier alpha value is -3.09. The van der Waals surface area contributed by atoms with E-state index in [4.69, 9.17) is 5.73 Å². The highest BCUT2D eigenvalue weighted by Gasteiger charge is 2.23. The summed E-state index contributed by atoms with van der Waals surface area (Å²) in [6.07, 6.45) is 5.76. The minimum atomic E-state index is -0.557. The first-order valence-corrected chi connectivity index (χ1v) is 8.44. The van der Waals surface area contributed by atoms with Gasteiger partial charge >= 0.3 is 0 Å². The number of anilines is 3. The van der Waals surface area contributed by atoms with Crippen molar-refractivity contribution in [1.29, 1.82) is 0 Å². The van der Waals surface area contributed by atoms with Crippen molar-refractivity contribution in [2.24, 2.45) is 5.73 Å². The van der Waals surface area contributed by atoms with Crippen molar-refractivity contribution in [2.75, 3.05) is 10.6 Å². The number of primary amides is 1. The van der Waals surface area contributed by atoms with E-state index < -0.39 is 5.91 Å². The van der Waals surface area contributed by atoms with E-state index in [-0.39, 0.29) is 5.56 Å². The molecule has 0 bridgehead atoms. The number of hydrogen-bond acceptors (Lipinski definition) is 5. The summed E-state index contributed by atoms with van der Waals surface area (Å²) < 4.78 is 2.16. The zero-order chi connectivity index (χ0) is 17.4. The first-order valence-electron chi connectivity index (χ1n) is 8.44. The average Bonchev–Trinajstić information content (AvgIpc) is 3.31. The van der Waals surface area contributed by atoms with Gasteiger partial charge in [-0.1, -0.05) is 6.07 Å². The molecule has 7 heteroatoms. The molecule has 1 saturated carbocycles. The predicted octanol–water partition coefficient (Wildman–Crippen LogP) is 2.87. The quantitative estimate of drug-likeness (QED) is 0.643. The van der Waals surface area contributed by atoms with Crippen LogP contribution >= 0.6 is 0 Å². The molecule has 0 unspecified atom stereocenters. The maximum atomic E-state index is 11.7. The van der Waals surface area contributed by atoms with Crippen LogP contribution in [0.25, 0.3) is 10.9 Å². The summed E-state index contributed by atoms with van der Waals surface area (Å²) in [5.41, 5.74) is 7.76. The monoisotopic (exact) mass is 336 g/mol. The van der Waals surface area contributed by atoms with Crippen LogP contribution in [0.3, 0.4) is 0 Å². The van der Waals surface area contributed by atoms with E-state index in [2.05, 4.69) is 44.2 Å². The number of aromatic nitrogens is 3. The van der Waals surface area contributed by atoms with Gasteiger partial charge in [-0.2, -0.15) is 4.98 Å². The van der Waals surface area contributed by atoms with Crippen LogP contribution in [0.2, 0.25) is 0 Å². The molecule has 2 aromatic heterocycles. The topological polar surface area (TPSA) is 97.9 Å². The maximum Gasteiger partial charge on any atom is 0.254 e. The Morgan fingerprint density at radius 3 is 2.92 bits per heavy atom. The first kappa shape index (κ1) is 15.4. The Bertz CT molecular complexity index is 944. The molecule has 0 aliphatic heterocycles. The lowest BCUT2D eigenvalue weighted by atomic mass is 10.2. The van der Waals surface area contributed by atoms with Crippen molar-refractivity contribution < 1.29 is 4.79 Å². The van der Waals surface area contributed by atoms with Gasteiger partial charge in [0.15, 0.2) is 0 Å². The fourth-order valence-corrected chi connectivity index (χ4v) is 2.87. The van der Waals surface area contributed by atoms with Gasteiger partial charge in [0.05, 0.1) is 5.52 Å². The number of fused-ring (bicyclic) bond motifs is 1. The molecule has 2 heterocycles. The number of nitrogens with zero attached hydrogens (tertiary/aromatic N) is 3. The van der Waals surface area contributed by atoms with E-state index in [1.807, 2.05) is 18.3 Å². The van der Waals surface area contributed by atoms with E-state index in [9.17, 15) is 4.79 Å². The van der Waals surface area contributed by atoms with Crippen LogP contribution in [0.1, 0.15) is 30.1 Å². The number of benzene rings is 1. The maximum absolute atomic E-state index is 11.7. The fourth-order valence-electron chi connectivity index (χ4n) is 2.87. The van der Waals surface area contributed by atoms with Crippen LogP contribution in [0.4, 0.5) is 17.5 Å². The van der Waals surface area contributed by atoms with Gasteiger partial charge in [0.2, 0.25) is 5.95 Å². The largest absolute Gasteiger partial charge is 0.365 e. The number of hydrogen-bond donors (Lipinski definition) is 3. The molecule has 7 nitrogen and oxygen atoms in total. The summed E-state index contributed by atoms with van der Waals surface area (Å²) in [5.74, 6) is 0.370. The zero-order valence-corrected chi connectivity index (χ0v) is 14.0. The van der Waals surface area contributed by atoms with Crippen molar-refractivity contribution >= 4 is 34.3 Å². The van der Waals surface area contributed by atoms with Gasteiger partial charge in [-0.15, -0.1) is 0 Å². The van der Waals surface area contributed by atoms with Crippen molar-refractivity contribution in [3.63, 3.8) is 0 Å². The molecule has 1 amide bonds. The number of aryl methyl sites for hydroxylation is 1. The molecule has 1 fully saturated rings. The number of rotatable bonds is 6. The minimum Gasteiger partial charge on any atom is -0.365 e. The van der Waals surface area contributed by atoms with Gasteiger partial charge in [0, 0.05) is 36.1 Å². The molecular weight excluding hydrogens is 316 g/mol. The van der Waals surface area contributed by atoms with Gasteiger partial charge in [-0.05, 0) is 38.0 Å². The SMILES string of the molecule is CCn1ccc2c(Nc3nc(NC4CC4)ncc3C(N)=O)cccc21. The first-order chi connectivity index (χ1) is 12.2. The highest BCUT2D eigenvalue weighted by atomic mass is 16.1. The standard InChI is InChI=1S/C18H20N6O/c1-2-24-9-8-12-14(4-3-5-15(12)24)22-17-13(16(19)25)10-20-18(23-17)21-11-6-7-11/h3-5,8-11H,2,6-7H2,1H3,(H2,19,25)(H2,20,21,22,23). The van der Waals surface area contributed by atoms with Crippen LogP contribution < -0.4 is 16.4 Å². The van der Waals surface area contributed by atoms with Gasteiger partial charge in [-0.25, -0.2) is 4.98 Å². The van der Waals surface area contributed by atoms with E-state index in [1.54, 1.807) is 0 Å². The summed E-state index contributed by atoms with van der Waals surface area (Å²) in [5, 5.41) is 7.57. The Morgan fingerprint density at radius 2 is 2.20 bits per heavy atom. The third-order valence-electron chi connectivity index (χ3n) is 4.37. The van der Waals surface area contributed by atoms with E-state index in [0.717, 1.165) is 36.0 Å². The number of carbonyl (C=O) groups is 1. The van der Waals surface area contributed by atoms with E-state index >= 15 is 0 Å². The van der Waals surface area contributed by atoms with Gasteiger partial charge in [0.25, 0.3) is 5.91 Å². The van der Waals surface area contributed by atoms with Crippen LogP contribution in [-0.4, -0.2) is 26.5 Å². The van der Waals surface area contributed by atoms with Crippen LogP contribution in [0, 0.1) is 0 Å². The number of nitrogens with two attached hydrogens (primary N) is 1. The lowest BCUT2D eigenvalue weighted by Crippen LogP contribution is -2.16. The molecule has 0 radical (unpaired) electrons. The second-order valence-electron chi connectivity index (χ2n) is 6.20. The second kappa shape index (κ2) is 6.08. The zero-order valence-electron chi connectivity index (χ0n) is 14.0. The lowest BCUT2D eigenvalue weighted by Gasteiger charge is -2.12. The molecule has 1 aromatic carbocycles. The smallest absolute Gasteiger partial charge is 0.254 e. The number of nitrogens with one attached hydrogen (secondary N) is 2. The van der Waals surface area contributed by atoms with Gasteiger partial charge in [-0.3, -0.25) is 4.79 Å². The molecular formula is C18H20N6O. The Kier molecular flexibility index (Phi) is 3.76. The minimum absolute atomic E-state index is 0.272. The summed E-state index contributed by atoms with van der Waals surface area (Å²) in [6, 6.07) is 8.48. The molecule has 4 rings (SSSR count).